The van der Waals surface area contributed by atoms with Crippen molar-refractivity contribution in [1.82, 2.24) is 5.73 Å². The first-order valence-electron chi connectivity index (χ1n) is 6.37. The molecule has 2 radical (unpaired) electrons. The molecule has 21 heavy (non-hydrogen) atoms. The van der Waals surface area contributed by atoms with E-state index in [0.29, 0.717) is 0 Å². The predicted molar refractivity (Wildman–Crippen MR) is 68.8 cm³/mol. The highest BCUT2D eigenvalue weighted by Gasteiger charge is 2.42. The lowest BCUT2D eigenvalue weighted by Crippen LogP contribution is -2.67. The number of carboxylic acid groups (broad SMARTS) is 1. The third kappa shape index (κ3) is 7.93. The van der Waals surface area contributed by atoms with Gasteiger partial charge in [0.15, 0.2) is 18.7 Å². The normalized spacial score (nSPS) is 17.5. The van der Waals surface area contributed by atoms with Crippen molar-refractivity contribution in [1.29, 1.82) is 0 Å². The number of carboxylic acids is 1. The Morgan fingerprint density at radius 3 is 1.62 bits per heavy atom. The molecule has 0 saturated carbocycles. The number of aliphatic carboxylic acids is 1. The lowest BCUT2D eigenvalue weighted by Gasteiger charge is -2.45. The second kappa shape index (κ2) is 10.5. The van der Waals surface area contributed by atoms with Crippen LogP contribution in [0.2, 0.25) is 0 Å². The monoisotopic (exact) mass is 308 g/mol. The minimum absolute atomic E-state index is 0.0976. The molecule has 3 atom stereocenters. The summed E-state index contributed by atoms with van der Waals surface area (Å²) in [7, 11) is 0. The number of carbonyl (C=O) groups excluding carboxylic acids is 2. The highest BCUT2D eigenvalue weighted by molar-refractivity contribution is 5.66. The number of esters is 1. The Bertz CT molecular complexity index is 297. The molecule has 0 bridgehead atoms. The Labute approximate surface area is 124 Å². The van der Waals surface area contributed by atoms with Gasteiger partial charge in [-0.3, -0.25) is 4.79 Å². The number of aliphatic hydroxyl groups excluding tert-OH is 3. The second-order valence-corrected chi connectivity index (χ2v) is 4.48. The molecule has 3 N–H and O–H groups in total. The number of hydrogen-bond acceptors (Lipinski definition) is 7. The number of carbonyl (C=O) groups is 2. The van der Waals surface area contributed by atoms with Gasteiger partial charge in [0.25, 0.3) is 0 Å². The average molecular weight is 308 g/mol. The van der Waals surface area contributed by atoms with Crippen molar-refractivity contribution in [2.45, 2.75) is 46.4 Å². The fourth-order valence-corrected chi connectivity index (χ4v) is 1.75. The zero-order valence-electron chi connectivity index (χ0n) is 12.7. The van der Waals surface area contributed by atoms with E-state index in [1.54, 1.807) is 0 Å². The molecule has 124 valence electrons. The first kappa shape index (κ1) is 22.0. The van der Waals surface area contributed by atoms with Gasteiger partial charge in [0, 0.05) is 27.7 Å². The molecule has 3 unspecified atom stereocenters. The number of hydrogen-bond donors (Lipinski definition) is 3. The molecule has 0 rings (SSSR count). The zero-order chi connectivity index (χ0) is 17.2. The fourth-order valence-electron chi connectivity index (χ4n) is 1.75. The van der Waals surface area contributed by atoms with E-state index in [9.17, 15) is 30.0 Å². The lowest BCUT2D eigenvalue weighted by atomic mass is 10.2. The minimum Gasteiger partial charge on any atom is -0.544 e. The standard InChI is InChI=1S/C8H17NO5.C4H7NO2/c1-5(10)9(6(2)11,7(3)12)4-8(13)14;1-4(6)7-3-2-5/h5-7,10-12H,4H2,1-3H3;2-3H2,1H3. The molecule has 0 aliphatic heterocycles. The van der Waals surface area contributed by atoms with Crippen molar-refractivity contribution in [3.8, 4) is 0 Å². The molecule has 0 spiro atoms. The molecule has 0 aliphatic rings. The van der Waals surface area contributed by atoms with Gasteiger partial charge in [0.1, 0.15) is 13.2 Å². The maximum absolute atomic E-state index is 10.5. The molecule has 0 aromatic carbocycles. The Morgan fingerprint density at radius 2 is 1.52 bits per heavy atom. The third-order valence-electron chi connectivity index (χ3n) is 2.89. The van der Waals surface area contributed by atoms with Crippen LogP contribution in [0.25, 0.3) is 0 Å². The van der Waals surface area contributed by atoms with Crippen molar-refractivity contribution in [3.05, 3.63) is 0 Å². The molecule has 0 heterocycles. The van der Waals surface area contributed by atoms with Crippen LogP contribution in [0.3, 0.4) is 0 Å². The topological polar surface area (TPSA) is 149 Å². The summed E-state index contributed by atoms with van der Waals surface area (Å²) in [6.45, 7) is 4.59. The largest absolute Gasteiger partial charge is 0.544 e. The molecule has 0 amide bonds. The number of ether oxygens (including phenoxy) is 1. The van der Waals surface area contributed by atoms with E-state index in [0.717, 1.165) is 0 Å². The van der Waals surface area contributed by atoms with E-state index in [1.807, 2.05) is 0 Å². The van der Waals surface area contributed by atoms with E-state index in [2.05, 4.69) is 4.74 Å². The third-order valence-corrected chi connectivity index (χ3v) is 2.89. The van der Waals surface area contributed by atoms with Gasteiger partial charge in [0.05, 0.1) is 12.5 Å². The summed E-state index contributed by atoms with van der Waals surface area (Å²) in [5.74, 6) is -1.79. The highest BCUT2D eigenvalue weighted by atomic mass is 16.5. The van der Waals surface area contributed by atoms with Crippen LogP contribution in [0, 0.1) is 0 Å². The smallest absolute Gasteiger partial charge is 0.302 e. The number of aliphatic hydroxyl groups is 3. The Balaban J connectivity index is 0. The molecular weight excluding hydrogens is 284 g/mol. The molecule has 0 aromatic rings. The number of quaternary nitrogens is 1. The first-order chi connectivity index (χ1) is 9.52. The average Bonchev–Trinajstić information content (AvgIpc) is 2.32. The van der Waals surface area contributed by atoms with Gasteiger partial charge in [-0.25, -0.2) is 4.48 Å². The summed E-state index contributed by atoms with van der Waals surface area (Å²) in [6.07, 6.45) is -3.60. The highest BCUT2D eigenvalue weighted by Crippen LogP contribution is 2.20. The van der Waals surface area contributed by atoms with Crippen LogP contribution < -0.4 is 10.8 Å². The van der Waals surface area contributed by atoms with Gasteiger partial charge in [-0.2, -0.15) is 0 Å². The first-order valence-corrected chi connectivity index (χ1v) is 6.37. The van der Waals surface area contributed by atoms with E-state index >= 15 is 0 Å². The van der Waals surface area contributed by atoms with Crippen LogP contribution in [0.15, 0.2) is 0 Å². The maximum Gasteiger partial charge on any atom is 0.302 e. The molecule has 9 nitrogen and oxygen atoms in total. The Morgan fingerprint density at radius 1 is 1.14 bits per heavy atom. The van der Waals surface area contributed by atoms with E-state index < -0.39 is 35.7 Å². The van der Waals surface area contributed by atoms with Gasteiger partial charge in [0.2, 0.25) is 0 Å². The summed E-state index contributed by atoms with van der Waals surface area (Å²) >= 11 is 0. The molecule has 0 aliphatic carbocycles. The van der Waals surface area contributed by atoms with Crippen molar-refractivity contribution in [3.63, 3.8) is 0 Å². The maximum atomic E-state index is 10.5. The van der Waals surface area contributed by atoms with Crippen LogP contribution in [0.5, 0.6) is 0 Å². The van der Waals surface area contributed by atoms with Gasteiger partial charge < -0.3 is 30.0 Å². The van der Waals surface area contributed by atoms with Crippen LogP contribution in [-0.2, 0) is 14.3 Å². The van der Waals surface area contributed by atoms with Crippen molar-refractivity contribution in [2.24, 2.45) is 0 Å². The Kier molecular flexibility index (Phi) is 11.0. The van der Waals surface area contributed by atoms with Gasteiger partial charge in [-0.15, -0.1) is 5.73 Å². The lowest BCUT2D eigenvalue weighted by molar-refractivity contribution is -1.04. The number of rotatable bonds is 7. The SMILES string of the molecule is CC(=O)OCC[N].CC(O)[N+](CC(=O)[O-])(C(C)O)C(C)O. The quantitative estimate of drug-likeness (QED) is 0.261. The van der Waals surface area contributed by atoms with E-state index in [-0.39, 0.29) is 19.1 Å². The van der Waals surface area contributed by atoms with Crippen molar-refractivity contribution < 1.29 is 39.2 Å². The van der Waals surface area contributed by atoms with E-state index in [4.69, 9.17) is 5.73 Å². The molecule has 0 fully saturated rings. The summed E-state index contributed by atoms with van der Waals surface area (Å²) in [6, 6.07) is 0. The Hall–Kier alpha value is -1.26. The molecular formula is C12H24N2O7. The van der Waals surface area contributed by atoms with Crippen LogP contribution in [0.4, 0.5) is 0 Å². The van der Waals surface area contributed by atoms with Gasteiger partial charge in [-0.1, -0.05) is 0 Å². The summed E-state index contributed by atoms with van der Waals surface area (Å²) in [4.78, 5) is 20.3. The minimum atomic E-state index is -1.44. The van der Waals surface area contributed by atoms with Crippen LogP contribution in [0.1, 0.15) is 27.7 Å². The molecule has 0 saturated heterocycles. The van der Waals surface area contributed by atoms with Crippen LogP contribution in [-0.4, -0.2) is 70.1 Å². The predicted octanol–water partition coefficient (Wildman–Crippen LogP) is -2.81. The molecule has 0 aromatic heterocycles. The van der Waals surface area contributed by atoms with Crippen LogP contribution >= 0.6 is 0 Å². The van der Waals surface area contributed by atoms with Gasteiger partial charge in [-0.05, 0) is 0 Å². The van der Waals surface area contributed by atoms with E-state index in [1.165, 1.54) is 27.7 Å². The zero-order valence-corrected chi connectivity index (χ0v) is 12.7. The van der Waals surface area contributed by atoms with Crippen molar-refractivity contribution >= 4 is 11.9 Å². The second-order valence-electron chi connectivity index (χ2n) is 4.48. The fraction of sp³-hybridized carbons (Fsp3) is 0.833. The van der Waals surface area contributed by atoms with Crippen molar-refractivity contribution in [2.75, 3.05) is 19.7 Å². The summed E-state index contributed by atoms with van der Waals surface area (Å²) in [5.41, 5.74) is 8.04. The number of nitrogens with zero attached hydrogens (tertiary/aromatic N) is 2. The summed E-state index contributed by atoms with van der Waals surface area (Å²) in [5, 5.41) is 38.7. The molecule has 9 heteroatoms. The van der Waals surface area contributed by atoms with Gasteiger partial charge >= 0.3 is 5.97 Å². The summed E-state index contributed by atoms with van der Waals surface area (Å²) < 4.78 is 3.55.